The van der Waals surface area contributed by atoms with Gasteiger partial charge in [0.25, 0.3) is 0 Å². The lowest BCUT2D eigenvalue weighted by Gasteiger charge is -2.13. The van der Waals surface area contributed by atoms with Crippen LogP contribution in [-0.4, -0.2) is 42.1 Å². The van der Waals surface area contributed by atoms with Crippen LogP contribution >= 0.6 is 8.38 Å². The Morgan fingerprint density at radius 1 is 1.50 bits per heavy atom. The third kappa shape index (κ3) is 4.14. The predicted molar refractivity (Wildman–Crippen MR) is 38.8 cm³/mol. The van der Waals surface area contributed by atoms with Gasteiger partial charge in [-0.15, -0.1) is 0 Å². The largest absolute Gasteiger partial charge is 0.349 e. The molecule has 0 aromatic rings. The molecule has 0 aromatic heterocycles. The van der Waals surface area contributed by atoms with Crippen molar-refractivity contribution in [2.75, 3.05) is 19.6 Å². The molecule has 7 heteroatoms. The van der Waals surface area contributed by atoms with E-state index in [2.05, 4.69) is 0 Å². The summed E-state index contributed by atoms with van der Waals surface area (Å²) in [7, 11) is -4.14. The van der Waals surface area contributed by atoms with Crippen molar-refractivity contribution in [3.8, 4) is 0 Å². The van der Waals surface area contributed by atoms with Crippen molar-refractivity contribution in [3.63, 3.8) is 0 Å². The summed E-state index contributed by atoms with van der Waals surface area (Å²) >= 11 is 0. The number of hydrogen-bond acceptors (Lipinski definition) is 4. The summed E-state index contributed by atoms with van der Waals surface area (Å²) in [6.07, 6.45) is 0.778. The Labute approximate surface area is 61.3 Å². The Morgan fingerprint density at radius 3 is 2.00 bits per heavy atom. The SMILES string of the molecule is CN(CP(O)O)S(C)(=O)=O. The minimum Gasteiger partial charge on any atom is -0.349 e. The Morgan fingerprint density at radius 2 is 1.90 bits per heavy atom. The average molecular weight is 187 g/mol. The first kappa shape index (κ1) is 10.3. The highest BCUT2D eigenvalue weighted by Crippen LogP contribution is 2.23. The number of sulfonamides is 1. The van der Waals surface area contributed by atoms with Crippen molar-refractivity contribution in [2.45, 2.75) is 0 Å². The van der Waals surface area contributed by atoms with Crippen LogP contribution in [0.1, 0.15) is 0 Å². The van der Waals surface area contributed by atoms with E-state index in [0.717, 1.165) is 10.6 Å². The van der Waals surface area contributed by atoms with Gasteiger partial charge in [-0.2, -0.15) is 4.31 Å². The molecule has 0 aliphatic rings. The Bertz CT molecular complexity index is 189. The van der Waals surface area contributed by atoms with Crippen LogP contribution in [0.25, 0.3) is 0 Å². The van der Waals surface area contributed by atoms with Crippen LogP contribution in [0, 0.1) is 0 Å². The van der Waals surface area contributed by atoms with Crippen LogP contribution in [0.4, 0.5) is 0 Å². The average Bonchev–Trinajstić information content (AvgIpc) is 1.60. The van der Waals surface area contributed by atoms with Gasteiger partial charge in [0.15, 0.2) is 8.38 Å². The van der Waals surface area contributed by atoms with E-state index in [1.807, 2.05) is 0 Å². The lowest BCUT2D eigenvalue weighted by molar-refractivity contribution is 0.444. The molecule has 2 N–H and O–H groups in total. The van der Waals surface area contributed by atoms with Gasteiger partial charge in [-0.05, 0) is 0 Å². The molecular formula is C3H10NO4PS. The molecule has 0 amide bonds. The zero-order valence-electron chi connectivity index (χ0n) is 5.72. The van der Waals surface area contributed by atoms with Gasteiger partial charge in [0.05, 0.1) is 12.5 Å². The van der Waals surface area contributed by atoms with E-state index in [1.54, 1.807) is 0 Å². The Balaban J connectivity index is 3.99. The number of rotatable bonds is 3. The second-order valence-corrected chi connectivity index (χ2v) is 4.99. The molecule has 0 bridgehead atoms. The minimum atomic E-state index is -3.27. The molecule has 62 valence electrons. The van der Waals surface area contributed by atoms with Gasteiger partial charge in [0, 0.05) is 7.05 Å². The highest BCUT2D eigenvalue weighted by Gasteiger charge is 2.13. The van der Waals surface area contributed by atoms with Gasteiger partial charge < -0.3 is 9.79 Å². The topological polar surface area (TPSA) is 77.8 Å². The van der Waals surface area contributed by atoms with Crippen molar-refractivity contribution in [1.82, 2.24) is 4.31 Å². The molecule has 0 aromatic carbocycles. The van der Waals surface area contributed by atoms with E-state index in [1.165, 1.54) is 7.05 Å². The molecule has 0 atom stereocenters. The third-order valence-electron chi connectivity index (χ3n) is 0.892. The van der Waals surface area contributed by atoms with E-state index in [-0.39, 0.29) is 6.29 Å². The van der Waals surface area contributed by atoms with Crippen molar-refractivity contribution in [1.29, 1.82) is 0 Å². The molecule has 0 radical (unpaired) electrons. The Hall–Kier alpha value is 0.260. The van der Waals surface area contributed by atoms with Crippen molar-refractivity contribution >= 4 is 18.4 Å². The summed E-state index contributed by atoms with van der Waals surface area (Å²) in [5, 5.41) is 0. The summed E-state index contributed by atoms with van der Waals surface area (Å²) in [4.78, 5) is 16.8. The standard InChI is InChI=1S/C3H10NO4PS/c1-4(3-9(5)6)10(2,7)8/h5-6H,3H2,1-2H3. The van der Waals surface area contributed by atoms with E-state index >= 15 is 0 Å². The van der Waals surface area contributed by atoms with Gasteiger partial charge in [0.1, 0.15) is 0 Å². The summed E-state index contributed by atoms with van der Waals surface area (Å²) < 4.78 is 22.0. The van der Waals surface area contributed by atoms with E-state index in [4.69, 9.17) is 9.79 Å². The second-order valence-electron chi connectivity index (χ2n) is 1.87. The van der Waals surface area contributed by atoms with Crippen molar-refractivity contribution in [3.05, 3.63) is 0 Å². The first-order valence-corrected chi connectivity index (χ1v) is 5.68. The van der Waals surface area contributed by atoms with Crippen LogP contribution in [0.15, 0.2) is 0 Å². The zero-order valence-corrected chi connectivity index (χ0v) is 7.43. The molecule has 0 saturated heterocycles. The number of hydrogen-bond donors (Lipinski definition) is 2. The molecule has 10 heavy (non-hydrogen) atoms. The van der Waals surface area contributed by atoms with Crippen molar-refractivity contribution in [2.24, 2.45) is 0 Å². The van der Waals surface area contributed by atoms with Crippen molar-refractivity contribution < 1.29 is 18.2 Å². The highest BCUT2D eigenvalue weighted by molar-refractivity contribution is 7.88. The fraction of sp³-hybridized carbons (Fsp3) is 1.00. The molecule has 0 aliphatic heterocycles. The molecule has 0 aliphatic carbocycles. The molecule has 0 heterocycles. The van der Waals surface area contributed by atoms with Gasteiger partial charge in [0.2, 0.25) is 10.0 Å². The summed E-state index contributed by atoms with van der Waals surface area (Å²) in [5.41, 5.74) is 0. The minimum absolute atomic E-state index is 0.228. The maximum absolute atomic E-state index is 10.6. The van der Waals surface area contributed by atoms with E-state index in [0.29, 0.717) is 0 Å². The molecule has 0 fully saturated rings. The smallest absolute Gasteiger partial charge is 0.211 e. The normalized spacial score (nSPS) is 13.0. The first-order valence-electron chi connectivity index (χ1n) is 2.40. The van der Waals surface area contributed by atoms with Gasteiger partial charge in [-0.25, -0.2) is 8.42 Å². The quantitative estimate of drug-likeness (QED) is 0.563. The molecule has 5 nitrogen and oxygen atoms in total. The Kier molecular flexibility index (Phi) is 3.69. The molecular weight excluding hydrogens is 177 g/mol. The predicted octanol–water partition coefficient (Wildman–Crippen LogP) is -0.868. The number of nitrogens with zero attached hydrogens (tertiary/aromatic N) is 1. The third-order valence-corrected chi connectivity index (χ3v) is 3.02. The fourth-order valence-corrected chi connectivity index (χ4v) is 1.79. The van der Waals surface area contributed by atoms with Crippen LogP contribution in [-0.2, 0) is 10.0 Å². The second kappa shape index (κ2) is 3.59. The monoisotopic (exact) mass is 187 g/mol. The maximum atomic E-state index is 10.6. The van der Waals surface area contributed by atoms with Crippen LogP contribution in [0.2, 0.25) is 0 Å². The van der Waals surface area contributed by atoms with E-state index < -0.39 is 18.4 Å². The van der Waals surface area contributed by atoms with Gasteiger partial charge in [-0.3, -0.25) is 0 Å². The van der Waals surface area contributed by atoms with Gasteiger partial charge in [-0.1, -0.05) is 0 Å². The molecule has 0 rings (SSSR count). The molecule has 0 saturated carbocycles. The fourth-order valence-electron chi connectivity index (χ4n) is 0.283. The summed E-state index contributed by atoms with van der Waals surface area (Å²) in [6, 6.07) is 0. The lowest BCUT2D eigenvalue weighted by atomic mass is 11.2. The van der Waals surface area contributed by atoms with Crippen LogP contribution < -0.4 is 0 Å². The summed E-state index contributed by atoms with van der Waals surface area (Å²) in [5.74, 6) is 0. The summed E-state index contributed by atoms with van der Waals surface area (Å²) in [6.45, 7) is 0. The van der Waals surface area contributed by atoms with Gasteiger partial charge >= 0.3 is 0 Å². The van der Waals surface area contributed by atoms with Crippen LogP contribution in [0.5, 0.6) is 0 Å². The highest BCUT2D eigenvalue weighted by atomic mass is 32.2. The maximum Gasteiger partial charge on any atom is 0.211 e. The first-order chi connectivity index (χ1) is 4.34. The van der Waals surface area contributed by atoms with E-state index in [9.17, 15) is 8.42 Å². The van der Waals surface area contributed by atoms with Crippen LogP contribution in [0.3, 0.4) is 0 Å². The molecule has 0 spiro atoms. The molecule has 0 unspecified atom stereocenters. The zero-order chi connectivity index (χ0) is 8.36. The lowest BCUT2D eigenvalue weighted by Crippen LogP contribution is -2.25.